The maximum atomic E-state index is 13.5. The van der Waals surface area contributed by atoms with Crippen molar-refractivity contribution in [2.45, 2.75) is 38.2 Å². The maximum absolute atomic E-state index is 13.5. The molecular weight excluding hydrogens is 312 g/mol. The maximum Gasteiger partial charge on any atom is 0.251 e. The minimum Gasteiger partial charge on any atom is -0.353 e. The number of hydrogen-bond acceptors (Lipinski definition) is 2. The van der Waals surface area contributed by atoms with Crippen LogP contribution < -0.4 is 5.32 Å². The highest BCUT2D eigenvalue weighted by Gasteiger charge is 2.22. The molecule has 1 aliphatic rings. The standard InChI is InChI=1S/C16H20F4N2O/c17-12-2-3-14(18)11(9-12)1-4-16(23)21-13-5-7-22(8-6-13)10-15(19)20/h2-3,9,13,15H,1,4-8,10H2,(H,21,23). The Labute approximate surface area is 132 Å². The molecule has 3 nitrogen and oxygen atoms in total. The van der Waals surface area contributed by atoms with Crippen LogP contribution in [-0.4, -0.2) is 42.9 Å². The highest BCUT2D eigenvalue weighted by atomic mass is 19.3. The molecule has 0 saturated carbocycles. The van der Waals surface area contributed by atoms with Crippen LogP contribution in [0, 0.1) is 11.6 Å². The van der Waals surface area contributed by atoms with Crippen LogP contribution in [0.2, 0.25) is 0 Å². The summed E-state index contributed by atoms with van der Waals surface area (Å²) in [4.78, 5) is 13.6. The molecule has 1 N–H and O–H groups in total. The van der Waals surface area contributed by atoms with Gasteiger partial charge in [-0.2, -0.15) is 0 Å². The van der Waals surface area contributed by atoms with E-state index in [0.29, 0.717) is 25.9 Å². The normalized spacial score (nSPS) is 16.7. The molecule has 1 aromatic rings. The number of amides is 1. The average Bonchev–Trinajstić information content (AvgIpc) is 2.50. The number of benzene rings is 1. The van der Waals surface area contributed by atoms with Crippen LogP contribution in [0.15, 0.2) is 18.2 Å². The van der Waals surface area contributed by atoms with Crippen LogP contribution in [0.5, 0.6) is 0 Å². The zero-order valence-electron chi connectivity index (χ0n) is 12.7. The minimum atomic E-state index is -2.35. The molecule has 23 heavy (non-hydrogen) atoms. The van der Waals surface area contributed by atoms with Gasteiger partial charge in [-0.25, -0.2) is 17.6 Å². The summed E-state index contributed by atoms with van der Waals surface area (Å²) in [5, 5.41) is 2.83. The second-order valence-corrected chi connectivity index (χ2v) is 5.77. The van der Waals surface area contributed by atoms with Crippen LogP contribution in [-0.2, 0) is 11.2 Å². The first-order chi connectivity index (χ1) is 10.9. The first-order valence-corrected chi connectivity index (χ1v) is 7.68. The molecule has 7 heteroatoms. The molecule has 1 heterocycles. The molecule has 0 aliphatic carbocycles. The number of nitrogens with one attached hydrogen (secondary N) is 1. The number of hydrogen-bond donors (Lipinski definition) is 1. The van der Waals surface area contributed by atoms with Crippen LogP contribution in [0.1, 0.15) is 24.8 Å². The quantitative estimate of drug-likeness (QED) is 0.813. The summed E-state index contributed by atoms with van der Waals surface area (Å²) in [5.74, 6) is -1.30. The third-order valence-corrected chi connectivity index (χ3v) is 3.98. The fourth-order valence-corrected chi connectivity index (χ4v) is 2.74. The summed E-state index contributed by atoms with van der Waals surface area (Å²) in [6, 6.07) is 3.12. The molecule has 0 unspecified atom stereocenters. The van der Waals surface area contributed by atoms with E-state index in [1.165, 1.54) is 0 Å². The van der Waals surface area contributed by atoms with E-state index in [2.05, 4.69) is 5.32 Å². The molecule has 1 amide bonds. The fraction of sp³-hybridized carbons (Fsp3) is 0.562. The fourth-order valence-electron chi connectivity index (χ4n) is 2.74. The Hall–Kier alpha value is -1.63. The van der Waals surface area contributed by atoms with Gasteiger partial charge in [0.2, 0.25) is 5.91 Å². The van der Waals surface area contributed by atoms with Crippen molar-refractivity contribution in [2.24, 2.45) is 0 Å². The third-order valence-electron chi connectivity index (χ3n) is 3.98. The number of likely N-dealkylation sites (tertiary alicyclic amines) is 1. The van der Waals surface area contributed by atoms with Gasteiger partial charge in [-0.05, 0) is 43.0 Å². The number of nitrogens with zero attached hydrogens (tertiary/aromatic N) is 1. The summed E-state index contributed by atoms with van der Waals surface area (Å²) in [5.41, 5.74) is 0.173. The molecule has 1 fully saturated rings. The summed E-state index contributed by atoms with van der Waals surface area (Å²) in [6.07, 6.45) is -0.918. The van der Waals surface area contributed by atoms with Gasteiger partial charge in [0.05, 0.1) is 6.54 Å². The summed E-state index contributed by atoms with van der Waals surface area (Å²) < 4.78 is 51.1. The highest BCUT2D eigenvalue weighted by Crippen LogP contribution is 2.14. The van der Waals surface area contributed by atoms with Gasteiger partial charge in [-0.1, -0.05) is 0 Å². The Morgan fingerprint density at radius 2 is 1.96 bits per heavy atom. The van der Waals surface area contributed by atoms with Crippen LogP contribution in [0.25, 0.3) is 0 Å². The predicted octanol–water partition coefficient (Wildman–Crippen LogP) is 2.74. The third kappa shape index (κ3) is 5.82. The van der Waals surface area contributed by atoms with E-state index < -0.39 is 18.1 Å². The van der Waals surface area contributed by atoms with E-state index in [1.54, 1.807) is 4.90 Å². The Morgan fingerprint density at radius 3 is 2.61 bits per heavy atom. The van der Waals surface area contributed by atoms with E-state index in [1.807, 2.05) is 0 Å². The monoisotopic (exact) mass is 332 g/mol. The molecule has 1 aromatic carbocycles. The largest absolute Gasteiger partial charge is 0.353 e. The lowest BCUT2D eigenvalue weighted by molar-refractivity contribution is -0.122. The van der Waals surface area contributed by atoms with E-state index in [-0.39, 0.29) is 36.9 Å². The minimum absolute atomic E-state index is 0.0474. The number of aryl methyl sites for hydroxylation is 1. The lowest BCUT2D eigenvalue weighted by Gasteiger charge is -2.32. The number of halogens is 4. The Morgan fingerprint density at radius 1 is 1.26 bits per heavy atom. The zero-order chi connectivity index (χ0) is 16.8. The summed E-state index contributed by atoms with van der Waals surface area (Å²) in [7, 11) is 0. The number of carbonyl (C=O) groups excluding carboxylic acids is 1. The smallest absolute Gasteiger partial charge is 0.251 e. The number of alkyl halides is 2. The lowest BCUT2D eigenvalue weighted by Crippen LogP contribution is -2.45. The second kappa shape index (κ2) is 8.29. The van der Waals surface area contributed by atoms with Crippen molar-refractivity contribution in [3.05, 3.63) is 35.4 Å². The zero-order valence-corrected chi connectivity index (χ0v) is 12.7. The van der Waals surface area contributed by atoms with Crippen molar-refractivity contribution >= 4 is 5.91 Å². The number of carbonyl (C=O) groups is 1. The molecule has 0 bridgehead atoms. The van der Waals surface area contributed by atoms with Crippen molar-refractivity contribution in [3.8, 4) is 0 Å². The van der Waals surface area contributed by atoms with E-state index in [4.69, 9.17) is 0 Å². The lowest BCUT2D eigenvalue weighted by atomic mass is 10.0. The first-order valence-electron chi connectivity index (χ1n) is 7.68. The Kier molecular flexibility index (Phi) is 6.38. The van der Waals surface area contributed by atoms with Gasteiger partial charge in [0.1, 0.15) is 11.6 Å². The molecule has 0 aromatic heterocycles. The van der Waals surface area contributed by atoms with Crippen molar-refractivity contribution in [3.63, 3.8) is 0 Å². The molecule has 0 radical (unpaired) electrons. The van der Waals surface area contributed by atoms with Crippen LogP contribution >= 0.6 is 0 Å². The van der Waals surface area contributed by atoms with Crippen molar-refractivity contribution in [1.82, 2.24) is 10.2 Å². The van der Waals surface area contributed by atoms with Gasteiger partial charge < -0.3 is 5.32 Å². The topological polar surface area (TPSA) is 32.3 Å². The molecule has 1 aliphatic heterocycles. The van der Waals surface area contributed by atoms with Gasteiger partial charge in [0, 0.05) is 25.6 Å². The number of piperidine rings is 1. The molecular formula is C16H20F4N2O. The van der Waals surface area contributed by atoms with Crippen molar-refractivity contribution in [2.75, 3.05) is 19.6 Å². The first kappa shape index (κ1) is 17.7. The SMILES string of the molecule is O=C(CCc1cc(F)ccc1F)NC1CCN(CC(F)F)CC1. The van der Waals surface area contributed by atoms with Crippen LogP contribution in [0.3, 0.4) is 0 Å². The predicted molar refractivity (Wildman–Crippen MR) is 78.3 cm³/mol. The molecule has 2 rings (SSSR count). The van der Waals surface area contributed by atoms with E-state index in [0.717, 1.165) is 18.2 Å². The summed E-state index contributed by atoms with van der Waals surface area (Å²) in [6.45, 7) is 0.807. The molecule has 128 valence electrons. The average molecular weight is 332 g/mol. The second-order valence-electron chi connectivity index (χ2n) is 5.77. The highest BCUT2D eigenvalue weighted by molar-refractivity contribution is 5.76. The molecule has 1 saturated heterocycles. The Balaban J connectivity index is 1.72. The van der Waals surface area contributed by atoms with Gasteiger partial charge >= 0.3 is 0 Å². The number of rotatable bonds is 6. The van der Waals surface area contributed by atoms with Crippen molar-refractivity contribution in [1.29, 1.82) is 0 Å². The van der Waals surface area contributed by atoms with Gasteiger partial charge in [0.15, 0.2) is 0 Å². The van der Waals surface area contributed by atoms with Gasteiger partial charge in [0.25, 0.3) is 6.43 Å². The van der Waals surface area contributed by atoms with Crippen molar-refractivity contribution < 1.29 is 22.4 Å². The van der Waals surface area contributed by atoms with Gasteiger partial charge in [-0.15, -0.1) is 0 Å². The Bertz CT molecular complexity index is 531. The molecule has 0 atom stereocenters. The summed E-state index contributed by atoms with van der Waals surface area (Å²) >= 11 is 0. The van der Waals surface area contributed by atoms with E-state index >= 15 is 0 Å². The van der Waals surface area contributed by atoms with Gasteiger partial charge in [-0.3, -0.25) is 9.69 Å². The molecule has 0 spiro atoms. The van der Waals surface area contributed by atoms with Crippen LogP contribution in [0.4, 0.5) is 17.6 Å². The van der Waals surface area contributed by atoms with E-state index in [9.17, 15) is 22.4 Å².